The van der Waals surface area contributed by atoms with Gasteiger partial charge in [0.05, 0.1) is 11.5 Å². The number of morpholine rings is 1. The third-order valence-corrected chi connectivity index (χ3v) is 4.97. The Labute approximate surface area is 130 Å². The van der Waals surface area contributed by atoms with Crippen LogP contribution in [-0.4, -0.2) is 52.8 Å². The largest absolute Gasteiger partial charge is 0.491 e. The van der Waals surface area contributed by atoms with E-state index in [2.05, 4.69) is 4.90 Å². The number of hydrogen-bond donors (Lipinski definition) is 0. The molecule has 0 saturated carbocycles. The summed E-state index contributed by atoms with van der Waals surface area (Å²) >= 11 is 0. The van der Waals surface area contributed by atoms with Gasteiger partial charge in [-0.25, -0.2) is 8.42 Å². The van der Waals surface area contributed by atoms with Crippen molar-refractivity contribution in [3.05, 3.63) is 23.3 Å². The van der Waals surface area contributed by atoms with Gasteiger partial charge in [-0.1, -0.05) is 0 Å². The normalized spacial score (nSPS) is 20.5. The van der Waals surface area contributed by atoms with Gasteiger partial charge in [-0.3, -0.25) is 0 Å². The van der Waals surface area contributed by atoms with Crippen LogP contribution in [0.5, 0.6) is 5.75 Å². The Hall–Kier alpha value is -0.820. The highest BCUT2D eigenvalue weighted by Gasteiger charge is 2.20. The van der Waals surface area contributed by atoms with Crippen molar-refractivity contribution in [3.63, 3.8) is 0 Å². The van der Waals surface area contributed by atoms with E-state index in [1.165, 1.54) is 0 Å². The van der Waals surface area contributed by atoms with Crippen LogP contribution in [0.4, 0.5) is 0 Å². The van der Waals surface area contributed by atoms with E-state index in [0.29, 0.717) is 24.5 Å². The minimum absolute atomic E-state index is 0.0277. The molecule has 5 nitrogen and oxygen atoms in total. The molecule has 1 saturated heterocycles. The van der Waals surface area contributed by atoms with E-state index in [4.69, 9.17) is 20.2 Å². The molecule has 1 unspecified atom stereocenters. The SMILES string of the molecule is Cc1cc(S(=O)(=O)Cl)c(C)cc1OCC1CN(C)CCO1. The molecule has 2 rings (SSSR count). The van der Waals surface area contributed by atoms with Crippen LogP contribution in [0.3, 0.4) is 0 Å². The van der Waals surface area contributed by atoms with E-state index in [9.17, 15) is 8.42 Å². The lowest BCUT2D eigenvalue weighted by atomic mass is 10.1. The van der Waals surface area contributed by atoms with E-state index in [-0.39, 0.29) is 11.0 Å². The topological polar surface area (TPSA) is 55.8 Å². The molecule has 1 aromatic carbocycles. The molecule has 1 aromatic rings. The highest BCUT2D eigenvalue weighted by molar-refractivity contribution is 8.13. The van der Waals surface area contributed by atoms with Gasteiger partial charge in [-0.05, 0) is 44.2 Å². The van der Waals surface area contributed by atoms with E-state index >= 15 is 0 Å². The van der Waals surface area contributed by atoms with Crippen LogP contribution in [0.25, 0.3) is 0 Å². The number of hydrogen-bond acceptors (Lipinski definition) is 5. The summed E-state index contributed by atoms with van der Waals surface area (Å²) in [5.74, 6) is 0.661. The third kappa shape index (κ3) is 4.32. The lowest BCUT2D eigenvalue weighted by molar-refractivity contribution is -0.0404. The number of benzene rings is 1. The molecular formula is C14H20ClNO4S. The summed E-state index contributed by atoms with van der Waals surface area (Å²) in [6.07, 6.45) is 0.0277. The number of rotatable bonds is 4. The molecule has 0 radical (unpaired) electrons. The summed E-state index contributed by atoms with van der Waals surface area (Å²) < 4.78 is 34.3. The Balaban J connectivity index is 2.09. The first-order valence-corrected chi connectivity index (χ1v) is 9.07. The van der Waals surface area contributed by atoms with E-state index in [1.807, 2.05) is 7.05 Å². The minimum Gasteiger partial charge on any atom is -0.491 e. The second-order valence-corrected chi connectivity index (χ2v) is 7.92. The van der Waals surface area contributed by atoms with Crippen LogP contribution in [-0.2, 0) is 13.8 Å². The van der Waals surface area contributed by atoms with Gasteiger partial charge in [0.25, 0.3) is 9.05 Å². The summed E-state index contributed by atoms with van der Waals surface area (Å²) in [6.45, 7) is 6.40. The maximum absolute atomic E-state index is 11.5. The third-order valence-electron chi connectivity index (χ3n) is 3.50. The molecule has 118 valence electrons. The summed E-state index contributed by atoms with van der Waals surface area (Å²) in [5, 5.41) is 0. The second kappa shape index (κ2) is 6.52. The zero-order chi connectivity index (χ0) is 15.6. The van der Waals surface area contributed by atoms with Gasteiger partial charge in [0, 0.05) is 23.8 Å². The highest BCUT2D eigenvalue weighted by atomic mass is 35.7. The van der Waals surface area contributed by atoms with Crippen molar-refractivity contribution in [1.82, 2.24) is 4.90 Å². The number of likely N-dealkylation sites (N-methyl/N-ethyl adjacent to an activating group) is 1. The first-order chi connectivity index (χ1) is 9.77. The fourth-order valence-electron chi connectivity index (χ4n) is 2.33. The molecule has 21 heavy (non-hydrogen) atoms. The standard InChI is InChI=1S/C14H20ClNO4S/c1-10-7-14(21(15,17)18)11(2)6-13(10)20-9-12-8-16(3)4-5-19-12/h6-7,12H,4-5,8-9H2,1-3H3. The second-order valence-electron chi connectivity index (χ2n) is 5.39. The van der Waals surface area contributed by atoms with Crippen LogP contribution >= 0.6 is 10.7 Å². The number of nitrogens with zero attached hydrogens (tertiary/aromatic N) is 1. The summed E-state index contributed by atoms with van der Waals surface area (Å²) in [4.78, 5) is 2.32. The first kappa shape index (κ1) is 16.5. The van der Waals surface area contributed by atoms with Crippen molar-refractivity contribution in [1.29, 1.82) is 0 Å². The molecule has 7 heteroatoms. The molecule has 1 fully saturated rings. The van der Waals surface area contributed by atoms with Crippen molar-refractivity contribution in [2.24, 2.45) is 0 Å². The van der Waals surface area contributed by atoms with Crippen molar-refractivity contribution >= 4 is 19.7 Å². The monoisotopic (exact) mass is 333 g/mol. The predicted octanol–water partition coefficient (Wildman–Crippen LogP) is 1.94. The van der Waals surface area contributed by atoms with Gasteiger partial charge in [0.1, 0.15) is 18.5 Å². The van der Waals surface area contributed by atoms with Crippen molar-refractivity contribution in [2.45, 2.75) is 24.8 Å². The van der Waals surface area contributed by atoms with Crippen molar-refractivity contribution < 1.29 is 17.9 Å². The smallest absolute Gasteiger partial charge is 0.261 e. The molecule has 0 bridgehead atoms. The van der Waals surface area contributed by atoms with Crippen LogP contribution in [0.1, 0.15) is 11.1 Å². The van der Waals surface area contributed by atoms with Gasteiger partial charge < -0.3 is 14.4 Å². The maximum Gasteiger partial charge on any atom is 0.261 e. The molecule has 1 aliphatic rings. The molecule has 0 aromatic heterocycles. The molecule has 1 heterocycles. The average Bonchev–Trinajstić information content (AvgIpc) is 2.38. The van der Waals surface area contributed by atoms with Crippen LogP contribution in [0.15, 0.2) is 17.0 Å². The summed E-state index contributed by atoms with van der Waals surface area (Å²) in [6, 6.07) is 3.25. The van der Waals surface area contributed by atoms with Crippen LogP contribution in [0.2, 0.25) is 0 Å². The Morgan fingerprint density at radius 1 is 1.38 bits per heavy atom. The highest BCUT2D eigenvalue weighted by Crippen LogP contribution is 2.28. The minimum atomic E-state index is -3.73. The number of ether oxygens (including phenoxy) is 2. The average molecular weight is 334 g/mol. The lowest BCUT2D eigenvalue weighted by Crippen LogP contribution is -2.42. The lowest BCUT2D eigenvalue weighted by Gasteiger charge is -2.30. The molecule has 0 spiro atoms. The molecule has 0 N–H and O–H groups in total. The zero-order valence-corrected chi connectivity index (χ0v) is 14.0. The molecule has 0 amide bonds. The van der Waals surface area contributed by atoms with Crippen LogP contribution < -0.4 is 4.74 Å². The van der Waals surface area contributed by atoms with Gasteiger partial charge in [-0.2, -0.15) is 0 Å². The first-order valence-electron chi connectivity index (χ1n) is 6.76. The van der Waals surface area contributed by atoms with Gasteiger partial charge in [0.2, 0.25) is 0 Å². The number of aryl methyl sites for hydroxylation is 2. The Morgan fingerprint density at radius 3 is 2.71 bits per heavy atom. The molecular weight excluding hydrogens is 314 g/mol. The summed E-state index contributed by atoms with van der Waals surface area (Å²) in [5.41, 5.74) is 1.32. The van der Waals surface area contributed by atoms with Crippen molar-refractivity contribution in [3.8, 4) is 5.75 Å². The quantitative estimate of drug-likeness (QED) is 0.788. The van der Waals surface area contributed by atoms with Gasteiger partial charge in [0.15, 0.2) is 0 Å². The van der Waals surface area contributed by atoms with Gasteiger partial charge >= 0.3 is 0 Å². The maximum atomic E-state index is 11.5. The fraction of sp³-hybridized carbons (Fsp3) is 0.571. The van der Waals surface area contributed by atoms with E-state index < -0.39 is 9.05 Å². The predicted molar refractivity (Wildman–Crippen MR) is 81.7 cm³/mol. The molecule has 0 aliphatic carbocycles. The van der Waals surface area contributed by atoms with Gasteiger partial charge in [-0.15, -0.1) is 0 Å². The van der Waals surface area contributed by atoms with Crippen molar-refractivity contribution in [2.75, 3.05) is 33.4 Å². The molecule has 1 aliphatic heterocycles. The fourth-order valence-corrected chi connectivity index (χ4v) is 3.59. The Bertz CT molecular complexity index is 618. The summed E-state index contributed by atoms with van der Waals surface area (Å²) in [7, 11) is 3.73. The Kier molecular flexibility index (Phi) is 5.14. The Morgan fingerprint density at radius 2 is 2.10 bits per heavy atom. The van der Waals surface area contributed by atoms with E-state index in [0.717, 1.165) is 18.7 Å². The van der Waals surface area contributed by atoms with Crippen LogP contribution in [0, 0.1) is 13.8 Å². The number of halogens is 1. The zero-order valence-electron chi connectivity index (χ0n) is 12.4. The molecule has 1 atom stereocenters. The van der Waals surface area contributed by atoms with E-state index in [1.54, 1.807) is 26.0 Å².